The predicted molar refractivity (Wildman–Crippen MR) is 406 cm³/mol. The molecule has 0 spiro atoms. The molecule has 0 aromatic carbocycles. The van der Waals surface area contributed by atoms with Gasteiger partial charge in [0.1, 0.15) is 48.8 Å². The fourth-order valence-electron chi connectivity index (χ4n) is 12.6. The highest BCUT2D eigenvalue weighted by Gasteiger charge is 2.51. The van der Waals surface area contributed by atoms with Crippen molar-refractivity contribution < 1.29 is 64.6 Å². The molecule has 12 atom stereocenters. The van der Waals surface area contributed by atoms with E-state index in [0.717, 1.165) is 83.5 Å². The second-order valence-corrected chi connectivity index (χ2v) is 27.8. The number of unbranched alkanes of at least 4 members (excludes halogenated alkanes) is 37. The number of aliphatic hydroxyl groups is 8. The van der Waals surface area contributed by atoms with Crippen molar-refractivity contribution in [2.75, 3.05) is 19.8 Å². The second-order valence-electron chi connectivity index (χ2n) is 27.8. The van der Waals surface area contributed by atoms with Crippen molar-refractivity contribution >= 4 is 5.91 Å². The molecule has 2 rings (SSSR count). The summed E-state index contributed by atoms with van der Waals surface area (Å²) in [5.74, 6) is -0.252. The average Bonchev–Trinajstić information content (AvgIpc) is 0.793. The van der Waals surface area contributed by atoms with Gasteiger partial charge in [-0.1, -0.05) is 329 Å². The lowest BCUT2D eigenvalue weighted by Gasteiger charge is -2.46. The lowest BCUT2D eigenvalue weighted by molar-refractivity contribution is -0.359. The Morgan fingerprint density at radius 2 is 0.714 bits per heavy atom. The summed E-state index contributed by atoms with van der Waals surface area (Å²) in [6.07, 6.45) is 80.3. The van der Waals surface area contributed by atoms with E-state index >= 15 is 0 Å². The van der Waals surface area contributed by atoms with Crippen molar-refractivity contribution in [3.63, 3.8) is 0 Å². The molecule has 566 valence electrons. The number of hydrogen-bond donors (Lipinski definition) is 9. The molecule has 0 bridgehead atoms. The zero-order valence-electron chi connectivity index (χ0n) is 62.0. The van der Waals surface area contributed by atoms with Crippen LogP contribution in [0.2, 0.25) is 0 Å². The molecule has 1 amide bonds. The van der Waals surface area contributed by atoms with E-state index in [1.165, 1.54) is 205 Å². The van der Waals surface area contributed by atoms with Gasteiger partial charge in [0.2, 0.25) is 5.91 Å². The molecule has 0 aliphatic carbocycles. The van der Waals surface area contributed by atoms with Crippen molar-refractivity contribution in [2.24, 2.45) is 0 Å². The van der Waals surface area contributed by atoms with Crippen LogP contribution in [0.3, 0.4) is 0 Å². The van der Waals surface area contributed by atoms with Crippen LogP contribution in [0, 0.1) is 0 Å². The number of hydrogen-bond acceptors (Lipinski definition) is 13. The summed E-state index contributed by atoms with van der Waals surface area (Å²) in [4.78, 5) is 13.4. The fraction of sp³-hybridized carbons (Fsp3) is 0.774. The molecule has 12 unspecified atom stereocenters. The third-order valence-electron chi connectivity index (χ3n) is 18.9. The molecule has 0 aromatic rings. The quantitative estimate of drug-likeness (QED) is 0.0204. The van der Waals surface area contributed by atoms with Crippen LogP contribution in [0.25, 0.3) is 0 Å². The van der Waals surface area contributed by atoms with Crippen LogP contribution in [0.15, 0.2) is 109 Å². The Labute approximate surface area is 597 Å². The SMILES string of the molecule is CC/C=C\C/C=C\C/C=C\C/C=C\C/C=C\C/C=C\CCCCCCCCCCCCCCCCCCCCC(=O)NC(COC1OC(CO)C(OC2OC(CO)C(O)C(O)C2O)C(O)C1O)C(O)/C=C/CC/C=C/CC/C=C/CCCCCCCCCCCCCCCCCCC. The van der Waals surface area contributed by atoms with Gasteiger partial charge in [-0.25, -0.2) is 0 Å². The molecule has 2 aliphatic rings. The van der Waals surface area contributed by atoms with Crippen LogP contribution in [0.1, 0.15) is 322 Å². The maximum atomic E-state index is 13.4. The largest absolute Gasteiger partial charge is 0.394 e. The molecule has 14 nitrogen and oxygen atoms in total. The Morgan fingerprint density at radius 1 is 0.378 bits per heavy atom. The molecule has 9 N–H and O–H groups in total. The van der Waals surface area contributed by atoms with Gasteiger partial charge in [-0.3, -0.25) is 4.79 Å². The van der Waals surface area contributed by atoms with E-state index in [1.807, 2.05) is 6.08 Å². The maximum Gasteiger partial charge on any atom is 0.220 e. The Bertz CT molecular complexity index is 2070. The van der Waals surface area contributed by atoms with Gasteiger partial charge in [0.05, 0.1) is 32.0 Å². The van der Waals surface area contributed by atoms with Crippen molar-refractivity contribution in [2.45, 2.75) is 396 Å². The Balaban J connectivity index is 1.63. The molecule has 98 heavy (non-hydrogen) atoms. The van der Waals surface area contributed by atoms with E-state index in [0.29, 0.717) is 12.8 Å². The zero-order chi connectivity index (χ0) is 70.8. The number of rotatable bonds is 66. The summed E-state index contributed by atoms with van der Waals surface area (Å²) in [5, 5.41) is 87.6. The smallest absolute Gasteiger partial charge is 0.220 e. The molecule has 2 aliphatic heterocycles. The number of carbonyl (C=O) groups is 1. The van der Waals surface area contributed by atoms with Crippen molar-refractivity contribution in [1.82, 2.24) is 5.32 Å². The van der Waals surface area contributed by atoms with E-state index in [4.69, 9.17) is 18.9 Å². The van der Waals surface area contributed by atoms with Gasteiger partial charge in [0, 0.05) is 6.42 Å². The first-order valence-corrected chi connectivity index (χ1v) is 40.1. The van der Waals surface area contributed by atoms with Gasteiger partial charge >= 0.3 is 0 Å². The summed E-state index contributed by atoms with van der Waals surface area (Å²) in [5.41, 5.74) is 0. The minimum absolute atomic E-state index is 0.252. The standard InChI is InChI=1S/C84H147NO13/c1-3-5-7-9-11-13-15-17-19-21-23-25-27-29-31-32-33-34-35-36-37-38-39-40-42-44-46-48-50-52-54-56-58-60-62-64-66-68-76(89)85-72(71-95-83-81(94)79(92)82(75(70-87)97-83)98-84-80(93)78(91)77(90)74(69-86)96-84)73(88)67-65-63-61-59-57-55-53-51-49-47-45-43-41-30-28-26-24-22-20-18-16-14-12-10-8-6-4-2/h5,7,11,13,17,19,23,25,29,31,33-34,49,51,57,59,65,67,72-75,77-84,86-88,90-94H,3-4,6,8-10,12,14-16,18,20-22,24,26-28,30,32,35-48,50,52-56,58,60-64,66,68-71H2,1-2H3,(H,85,89)/b7-5-,13-11-,19-17-,25-23-,31-29-,34-33-,51-49+,59-57+,67-65+. The van der Waals surface area contributed by atoms with Gasteiger partial charge in [0.15, 0.2) is 12.6 Å². The topological polar surface area (TPSA) is 228 Å². The summed E-state index contributed by atoms with van der Waals surface area (Å²) < 4.78 is 22.9. The predicted octanol–water partition coefficient (Wildman–Crippen LogP) is 18.2. The third kappa shape index (κ3) is 49.3. The van der Waals surface area contributed by atoms with Gasteiger partial charge in [0.25, 0.3) is 0 Å². The lowest BCUT2D eigenvalue weighted by atomic mass is 9.97. The van der Waals surface area contributed by atoms with Gasteiger partial charge in [-0.2, -0.15) is 0 Å². The van der Waals surface area contributed by atoms with Crippen LogP contribution in [-0.2, 0) is 23.7 Å². The van der Waals surface area contributed by atoms with E-state index < -0.39 is 86.8 Å². The average molecular weight is 1380 g/mol. The highest BCUT2D eigenvalue weighted by atomic mass is 16.7. The minimum atomic E-state index is -1.80. The molecule has 2 heterocycles. The van der Waals surface area contributed by atoms with E-state index in [-0.39, 0.29) is 18.9 Å². The van der Waals surface area contributed by atoms with Crippen LogP contribution >= 0.6 is 0 Å². The summed E-state index contributed by atoms with van der Waals surface area (Å²) in [7, 11) is 0. The van der Waals surface area contributed by atoms with Crippen molar-refractivity contribution in [3.05, 3.63) is 109 Å². The number of ether oxygens (including phenoxy) is 4. The van der Waals surface area contributed by atoms with Gasteiger partial charge < -0.3 is 65.1 Å². The monoisotopic (exact) mass is 1380 g/mol. The molecule has 14 heteroatoms. The molecule has 2 saturated heterocycles. The maximum absolute atomic E-state index is 13.4. The second kappa shape index (κ2) is 66.9. The fourth-order valence-corrected chi connectivity index (χ4v) is 12.6. The first kappa shape index (κ1) is 90.7. The van der Waals surface area contributed by atoms with Crippen LogP contribution < -0.4 is 5.32 Å². The first-order chi connectivity index (χ1) is 48.1. The Kier molecular flexibility index (Phi) is 61.9. The highest BCUT2D eigenvalue weighted by molar-refractivity contribution is 5.76. The Morgan fingerprint density at radius 3 is 1.12 bits per heavy atom. The summed E-state index contributed by atoms with van der Waals surface area (Å²) in [6.45, 7) is 2.70. The number of aliphatic hydroxyl groups excluding tert-OH is 8. The number of amides is 1. The summed E-state index contributed by atoms with van der Waals surface area (Å²) in [6, 6.07) is -0.945. The summed E-state index contributed by atoms with van der Waals surface area (Å²) >= 11 is 0. The number of carbonyl (C=O) groups excluding carboxylic acids is 1. The van der Waals surface area contributed by atoms with Gasteiger partial charge in [-0.05, 0) is 96.3 Å². The van der Waals surface area contributed by atoms with Crippen LogP contribution in [-0.4, -0.2) is 140 Å². The highest BCUT2D eigenvalue weighted by Crippen LogP contribution is 2.30. The van der Waals surface area contributed by atoms with Crippen molar-refractivity contribution in [3.8, 4) is 0 Å². The van der Waals surface area contributed by atoms with Gasteiger partial charge in [-0.15, -0.1) is 0 Å². The number of nitrogens with one attached hydrogen (secondary N) is 1. The minimum Gasteiger partial charge on any atom is -0.394 e. The first-order valence-electron chi connectivity index (χ1n) is 40.1. The molecule has 0 saturated carbocycles. The zero-order valence-corrected chi connectivity index (χ0v) is 62.0. The van der Waals surface area contributed by atoms with E-state index in [9.17, 15) is 45.6 Å². The van der Waals surface area contributed by atoms with Crippen molar-refractivity contribution in [1.29, 1.82) is 0 Å². The van der Waals surface area contributed by atoms with E-state index in [1.54, 1.807) is 6.08 Å². The lowest BCUT2D eigenvalue weighted by Crippen LogP contribution is -2.65. The molecular weight excluding hydrogens is 1230 g/mol. The molecule has 0 radical (unpaired) electrons. The van der Waals surface area contributed by atoms with E-state index in [2.05, 4.69) is 116 Å². The van der Waals surface area contributed by atoms with Crippen LogP contribution in [0.5, 0.6) is 0 Å². The normalized spacial score (nSPS) is 22.6. The third-order valence-corrected chi connectivity index (χ3v) is 18.9. The molecule has 2 fully saturated rings. The van der Waals surface area contributed by atoms with Crippen LogP contribution in [0.4, 0.5) is 0 Å². The number of allylic oxidation sites excluding steroid dienone is 17. The Hall–Kier alpha value is -3.35. The molecular formula is C84H147NO13. The molecule has 0 aromatic heterocycles.